The van der Waals surface area contributed by atoms with Gasteiger partial charge in [0.05, 0.1) is 0 Å². The number of alkyl halides is 6. The monoisotopic (exact) mass is 456 g/mol. The Morgan fingerprint density at radius 3 is 1.37 bits per heavy atom. The Labute approximate surface area is 171 Å². The van der Waals surface area contributed by atoms with Gasteiger partial charge in [-0.25, -0.2) is 0 Å². The first-order chi connectivity index (χ1) is 11.8. The van der Waals surface area contributed by atoms with Crippen LogP contribution < -0.4 is 0 Å². The quantitative estimate of drug-likeness (QED) is 0.278. The van der Waals surface area contributed by atoms with Gasteiger partial charge in [-0.3, -0.25) is 0 Å². The summed E-state index contributed by atoms with van der Waals surface area (Å²) in [5, 5.41) is 14.5. The molecule has 27 heavy (non-hydrogen) atoms. The molecule has 0 radical (unpaired) electrons. The molecule has 162 valence electrons. The maximum Gasteiger partial charge on any atom is 0.373 e. The van der Waals surface area contributed by atoms with Gasteiger partial charge in [-0.05, 0) is 12.1 Å². The summed E-state index contributed by atoms with van der Waals surface area (Å²) in [6.45, 7) is 7.51. The minimum atomic E-state index is -4.23. The Bertz CT molecular complexity index is 342. The van der Waals surface area contributed by atoms with Crippen LogP contribution in [0.15, 0.2) is 0 Å². The van der Waals surface area contributed by atoms with E-state index in [1.165, 1.54) is 14.1 Å². The largest absolute Gasteiger partial charge is 0.663 e. The third-order valence-corrected chi connectivity index (χ3v) is 3.53. The summed E-state index contributed by atoms with van der Waals surface area (Å²) < 4.78 is 73.4. The topological polar surface area (TPSA) is 56.4 Å². The van der Waals surface area contributed by atoms with Crippen molar-refractivity contribution < 1.29 is 45.8 Å². The summed E-state index contributed by atoms with van der Waals surface area (Å²) in [5.74, 6) is 0. The molecule has 0 saturated heterocycles. The number of nitrogens with zero attached hydrogens (tertiary/aromatic N) is 4. The first-order valence-corrected chi connectivity index (χ1v) is 8.47. The Balaban J connectivity index is -0.000000416. The maximum absolute atomic E-state index is 12.4. The van der Waals surface area contributed by atoms with E-state index in [1.54, 1.807) is 20.8 Å². The smallest absolute Gasteiger partial charge is 0.373 e. The summed E-state index contributed by atoms with van der Waals surface area (Å²) >= 11 is 0. The molecule has 4 unspecified atom stereocenters. The van der Waals surface area contributed by atoms with E-state index in [0.717, 1.165) is 0 Å². The van der Waals surface area contributed by atoms with Crippen LogP contribution in [0.3, 0.4) is 0 Å². The molecule has 0 spiro atoms. The molecule has 0 fully saturated rings. The van der Waals surface area contributed by atoms with E-state index < -0.39 is 24.4 Å². The van der Waals surface area contributed by atoms with Crippen molar-refractivity contribution in [2.75, 3.05) is 27.2 Å². The number of halogens is 6. The second-order valence-electron chi connectivity index (χ2n) is 5.80. The zero-order chi connectivity index (χ0) is 21.0. The molecule has 0 aromatic rings. The first-order valence-electron chi connectivity index (χ1n) is 8.47. The predicted molar refractivity (Wildman–Crippen MR) is 94.2 cm³/mol. The summed E-state index contributed by atoms with van der Waals surface area (Å²) in [7, 11) is 2.69. The summed E-state index contributed by atoms with van der Waals surface area (Å²) in [5.41, 5.74) is 0. The second kappa shape index (κ2) is 15.9. The minimum Gasteiger partial charge on any atom is -0.663 e. The van der Waals surface area contributed by atoms with Gasteiger partial charge in [0.15, 0.2) is 0 Å². The zero-order valence-electron chi connectivity index (χ0n) is 16.9. The number of rotatable bonds is 10. The van der Waals surface area contributed by atoms with Crippen LogP contribution >= 0.6 is 0 Å². The Morgan fingerprint density at radius 1 is 0.667 bits per heavy atom. The average Bonchev–Trinajstić information content (AvgIpc) is 2.50. The number of hydrogen-bond donors (Lipinski definition) is 0. The van der Waals surface area contributed by atoms with Gasteiger partial charge >= 0.3 is 12.4 Å². The van der Waals surface area contributed by atoms with E-state index in [1.807, 2.05) is 6.92 Å². The van der Waals surface area contributed by atoms with E-state index in [4.69, 9.17) is 0 Å². The normalized spacial score (nSPS) is 16.4. The van der Waals surface area contributed by atoms with Crippen LogP contribution in [-0.2, 0) is 19.5 Å². The number of hydrogen-bond acceptors (Lipinski definition) is 0. The average molecular weight is 458 g/mol. The van der Waals surface area contributed by atoms with Crippen LogP contribution in [0, 0.1) is 0 Å². The third-order valence-electron chi connectivity index (χ3n) is 3.53. The molecule has 11 heteroatoms. The van der Waals surface area contributed by atoms with Gasteiger partial charge in [0.25, 0.3) is 0 Å². The third kappa shape index (κ3) is 16.7. The summed E-state index contributed by atoms with van der Waals surface area (Å²) in [6.07, 6.45) is -8.55. The van der Waals surface area contributed by atoms with Crippen LogP contribution in [0.2, 0.25) is 0 Å². The maximum atomic E-state index is 12.4. The zero-order valence-corrected chi connectivity index (χ0v) is 19.9. The molecule has 4 nitrogen and oxygen atoms in total. The van der Waals surface area contributed by atoms with Crippen LogP contribution in [0.4, 0.5) is 26.3 Å². The minimum absolute atomic E-state index is 0. The van der Waals surface area contributed by atoms with Gasteiger partial charge in [-0.1, -0.05) is 40.5 Å². The Hall–Kier alpha value is 0.0434. The van der Waals surface area contributed by atoms with E-state index >= 15 is 0 Å². The Kier molecular flexibility index (Phi) is 18.7. The summed E-state index contributed by atoms with van der Waals surface area (Å²) in [6, 6.07) is -3.70. The molecule has 0 aromatic carbocycles. The molecular formula is C16H30F6N4Zn-4. The van der Waals surface area contributed by atoms with Crippen molar-refractivity contribution in [2.45, 2.75) is 77.1 Å². The van der Waals surface area contributed by atoms with Gasteiger partial charge < -0.3 is 21.3 Å². The molecule has 0 saturated carbocycles. The van der Waals surface area contributed by atoms with Crippen LogP contribution in [0.5, 0.6) is 0 Å². The van der Waals surface area contributed by atoms with Crippen LogP contribution in [0.25, 0.3) is 21.3 Å². The van der Waals surface area contributed by atoms with Crippen molar-refractivity contribution in [3.05, 3.63) is 21.3 Å². The fourth-order valence-electron chi connectivity index (χ4n) is 2.06. The van der Waals surface area contributed by atoms with Crippen molar-refractivity contribution in [1.29, 1.82) is 0 Å². The predicted octanol–water partition coefficient (Wildman–Crippen LogP) is 6.18. The van der Waals surface area contributed by atoms with E-state index in [2.05, 4.69) is 21.3 Å². The molecule has 0 bridgehead atoms. The SMILES string of the molecule is CC[N-]C(C)CC([N-]CC)C(F)(F)F.C[N-]C(C)CC([N-]C)C(F)(F)F.[Zn]. The molecule has 4 atom stereocenters. The fraction of sp³-hybridized carbons (Fsp3) is 1.00. The van der Waals surface area contributed by atoms with Crippen molar-refractivity contribution in [3.8, 4) is 0 Å². The molecule has 0 rings (SSSR count). The van der Waals surface area contributed by atoms with Crippen molar-refractivity contribution in [1.82, 2.24) is 0 Å². The molecular weight excluding hydrogens is 428 g/mol. The second-order valence-corrected chi connectivity index (χ2v) is 5.80. The summed E-state index contributed by atoms with van der Waals surface area (Å²) in [4.78, 5) is 0. The molecule has 0 N–H and O–H groups in total. The standard InChI is InChI=1S/C9H17F3N2.C7H13F3N2.Zn/c1-4-13-7(3)6-8(14-5-2)9(10,11)12;1-5(11-2)4-6(12-3)7(8,9)10;/h7-8H,4-6H2,1-3H3;5-6H,4H2,1-3H3;/q2*-2;. The van der Waals surface area contributed by atoms with E-state index in [-0.39, 0.29) is 50.9 Å². The first kappa shape index (κ1) is 31.7. The van der Waals surface area contributed by atoms with Gasteiger partial charge in [-0.15, -0.1) is 12.1 Å². The Morgan fingerprint density at radius 2 is 1.07 bits per heavy atom. The molecule has 0 aliphatic heterocycles. The van der Waals surface area contributed by atoms with Crippen LogP contribution in [0.1, 0.15) is 40.5 Å². The molecule has 0 heterocycles. The van der Waals surface area contributed by atoms with Gasteiger partial charge in [0.2, 0.25) is 0 Å². The van der Waals surface area contributed by atoms with Crippen molar-refractivity contribution >= 4 is 0 Å². The molecule has 0 aromatic heterocycles. The van der Waals surface area contributed by atoms with E-state index in [9.17, 15) is 26.3 Å². The fourth-order valence-corrected chi connectivity index (χ4v) is 2.06. The van der Waals surface area contributed by atoms with Gasteiger partial charge in [0, 0.05) is 19.5 Å². The van der Waals surface area contributed by atoms with Gasteiger partial charge in [0.1, 0.15) is 0 Å². The van der Waals surface area contributed by atoms with Crippen molar-refractivity contribution in [2.24, 2.45) is 0 Å². The molecule has 0 aliphatic rings. The van der Waals surface area contributed by atoms with Crippen LogP contribution in [-0.4, -0.2) is 63.7 Å². The van der Waals surface area contributed by atoms with Gasteiger partial charge in [-0.2, -0.15) is 53.5 Å². The molecule has 0 amide bonds. The van der Waals surface area contributed by atoms with E-state index in [0.29, 0.717) is 6.54 Å². The van der Waals surface area contributed by atoms with Crippen molar-refractivity contribution in [3.63, 3.8) is 0 Å². The molecule has 0 aliphatic carbocycles.